The number of carbonyl (C=O) groups is 1. The Morgan fingerprint density at radius 2 is 1.85 bits per heavy atom. The number of hydrogen-bond acceptors (Lipinski definition) is 6. The van der Waals surface area contributed by atoms with Crippen LogP contribution in [0.2, 0.25) is 0 Å². The van der Waals surface area contributed by atoms with Gasteiger partial charge in [-0.1, -0.05) is 30.3 Å². The Hall–Kier alpha value is -2.57. The van der Waals surface area contributed by atoms with Gasteiger partial charge in [0.05, 0.1) is 19.8 Å². The summed E-state index contributed by atoms with van der Waals surface area (Å²) in [7, 11) is 3.86. The first kappa shape index (κ1) is 23.6. The third-order valence-electron chi connectivity index (χ3n) is 6.84. The number of ether oxygens (including phenoxy) is 2. The summed E-state index contributed by atoms with van der Waals surface area (Å²) in [6.45, 7) is 4.92. The maximum absolute atomic E-state index is 11.3. The summed E-state index contributed by atoms with van der Waals surface area (Å²) >= 11 is 0. The topological polar surface area (TPSA) is 45.2 Å². The maximum atomic E-state index is 11.3. The molecule has 1 heterocycles. The standard InChI is InChI=1S/C27H37N3O3/c1-28(19-22-8-4-3-5-9-22)20-24-21-30(15-14-29(24)16-17-31)23-12-13-26(32-2)27(18-23)33-25-10-6-7-11-25/h3-5,8-9,12-13,17-18,24-25H,6-7,10-11,14-16,19-21H2,1-2H3. The van der Waals surface area contributed by atoms with Crippen molar-refractivity contribution in [3.05, 3.63) is 54.1 Å². The number of rotatable bonds is 10. The smallest absolute Gasteiger partial charge is 0.163 e. The number of carbonyl (C=O) groups excluding carboxylic acids is 1. The van der Waals surface area contributed by atoms with E-state index >= 15 is 0 Å². The van der Waals surface area contributed by atoms with Gasteiger partial charge in [-0.2, -0.15) is 0 Å². The monoisotopic (exact) mass is 451 g/mol. The van der Waals surface area contributed by atoms with Gasteiger partial charge >= 0.3 is 0 Å². The Morgan fingerprint density at radius 3 is 2.58 bits per heavy atom. The lowest BCUT2D eigenvalue weighted by Gasteiger charge is -2.43. The van der Waals surface area contributed by atoms with Crippen molar-refractivity contribution >= 4 is 12.0 Å². The van der Waals surface area contributed by atoms with E-state index in [1.54, 1.807) is 7.11 Å². The van der Waals surface area contributed by atoms with E-state index in [1.807, 2.05) is 12.1 Å². The van der Waals surface area contributed by atoms with Gasteiger partial charge in [0, 0.05) is 50.5 Å². The minimum atomic E-state index is 0.277. The predicted octanol–water partition coefficient (Wildman–Crippen LogP) is 3.84. The summed E-state index contributed by atoms with van der Waals surface area (Å²) in [5.74, 6) is 1.64. The van der Waals surface area contributed by atoms with Crippen LogP contribution in [0, 0.1) is 0 Å². The second-order valence-electron chi connectivity index (χ2n) is 9.30. The number of nitrogens with zero attached hydrogens (tertiary/aromatic N) is 3. The molecular weight excluding hydrogens is 414 g/mol. The van der Waals surface area contributed by atoms with E-state index in [9.17, 15) is 4.79 Å². The van der Waals surface area contributed by atoms with Crippen LogP contribution in [0.15, 0.2) is 48.5 Å². The molecular formula is C27H37N3O3. The van der Waals surface area contributed by atoms with Crippen molar-refractivity contribution in [3.8, 4) is 11.5 Å². The molecule has 6 nitrogen and oxygen atoms in total. The van der Waals surface area contributed by atoms with Gasteiger partial charge in [0.15, 0.2) is 11.5 Å². The lowest BCUT2D eigenvalue weighted by molar-refractivity contribution is -0.109. The minimum absolute atomic E-state index is 0.277. The van der Waals surface area contributed by atoms with Gasteiger partial charge in [-0.15, -0.1) is 0 Å². The molecule has 0 N–H and O–H groups in total. The van der Waals surface area contributed by atoms with Crippen molar-refractivity contribution in [2.75, 3.05) is 51.8 Å². The lowest BCUT2D eigenvalue weighted by atomic mass is 10.1. The Bertz CT molecular complexity index is 885. The molecule has 4 rings (SSSR count). The molecule has 1 aliphatic carbocycles. The van der Waals surface area contributed by atoms with Crippen LogP contribution in [-0.4, -0.2) is 75.1 Å². The van der Waals surface area contributed by atoms with Crippen LogP contribution in [0.3, 0.4) is 0 Å². The first-order valence-electron chi connectivity index (χ1n) is 12.2. The zero-order valence-electron chi connectivity index (χ0n) is 20.0. The number of methoxy groups -OCH3 is 1. The van der Waals surface area contributed by atoms with Gasteiger partial charge in [-0.05, 0) is 50.4 Å². The lowest BCUT2D eigenvalue weighted by Crippen LogP contribution is -2.57. The summed E-state index contributed by atoms with van der Waals surface area (Å²) in [6, 6.07) is 17.1. The van der Waals surface area contributed by atoms with Crippen LogP contribution in [0.4, 0.5) is 5.69 Å². The molecule has 1 saturated heterocycles. The number of hydrogen-bond donors (Lipinski definition) is 0. The van der Waals surface area contributed by atoms with Crippen molar-refractivity contribution in [2.45, 2.75) is 44.4 Å². The number of piperazine rings is 1. The molecule has 1 saturated carbocycles. The van der Waals surface area contributed by atoms with E-state index in [-0.39, 0.29) is 12.1 Å². The number of likely N-dealkylation sites (N-methyl/N-ethyl adjacent to an activating group) is 1. The third-order valence-corrected chi connectivity index (χ3v) is 6.84. The average Bonchev–Trinajstić information content (AvgIpc) is 3.34. The highest BCUT2D eigenvalue weighted by molar-refractivity contribution is 5.57. The van der Waals surface area contributed by atoms with Gasteiger partial charge in [0.2, 0.25) is 0 Å². The summed E-state index contributed by atoms with van der Waals surface area (Å²) < 4.78 is 11.9. The first-order chi connectivity index (χ1) is 16.2. The van der Waals surface area contributed by atoms with E-state index in [1.165, 1.54) is 18.4 Å². The molecule has 0 radical (unpaired) electrons. The van der Waals surface area contributed by atoms with Gasteiger partial charge < -0.3 is 24.1 Å². The average molecular weight is 452 g/mol. The second-order valence-corrected chi connectivity index (χ2v) is 9.30. The Labute approximate surface area is 198 Å². The number of aldehydes is 1. The highest BCUT2D eigenvalue weighted by Crippen LogP contribution is 2.35. The molecule has 0 spiro atoms. The van der Waals surface area contributed by atoms with Gasteiger partial charge in [-0.3, -0.25) is 4.90 Å². The van der Waals surface area contributed by atoms with Crippen molar-refractivity contribution in [2.24, 2.45) is 0 Å². The first-order valence-corrected chi connectivity index (χ1v) is 12.2. The highest BCUT2D eigenvalue weighted by atomic mass is 16.5. The maximum Gasteiger partial charge on any atom is 0.163 e. The van der Waals surface area contributed by atoms with Gasteiger partial charge in [0.25, 0.3) is 0 Å². The van der Waals surface area contributed by atoms with Crippen LogP contribution in [0.1, 0.15) is 31.2 Å². The fraction of sp³-hybridized carbons (Fsp3) is 0.519. The summed E-state index contributed by atoms with van der Waals surface area (Å²) in [5, 5.41) is 0. The van der Waals surface area contributed by atoms with Crippen LogP contribution < -0.4 is 14.4 Å². The minimum Gasteiger partial charge on any atom is -0.493 e. The van der Waals surface area contributed by atoms with Gasteiger partial charge in [0.1, 0.15) is 6.29 Å². The SMILES string of the molecule is COc1ccc(N2CCN(CC=O)C(CN(C)Cc3ccccc3)C2)cc1OC1CCCC1. The molecule has 2 aliphatic rings. The molecule has 1 aliphatic heterocycles. The molecule has 1 atom stereocenters. The normalized spacial score (nSPS) is 19.7. The van der Waals surface area contributed by atoms with Crippen molar-refractivity contribution in [1.29, 1.82) is 0 Å². The van der Waals surface area contributed by atoms with Crippen LogP contribution in [0.25, 0.3) is 0 Å². The molecule has 2 fully saturated rings. The van der Waals surface area contributed by atoms with Gasteiger partial charge in [-0.25, -0.2) is 0 Å². The molecule has 178 valence electrons. The Balaban J connectivity index is 1.46. The highest BCUT2D eigenvalue weighted by Gasteiger charge is 2.28. The molecule has 1 unspecified atom stereocenters. The largest absolute Gasteiger partial charge is 0.493 e. The summed E-state index contributed by atoms with van der Waals surface area (Å²) in [6.07, 6.45) is 6.03. The quantitative estimate of drug-likeness (QED) is 0.512. The zero-order valence-corrected chi connectivity index (χ0v) is 20.0. The molecule has 0 aromatic heterocycles. The van der Waals surface area contributed by atoms with E-state index in [0.29, 0.717) is 6.54 Å². The molecule has 0 bridgehead atoms. The number of benzene rings is 2. The van der Waals surface area contributed by atoms with Crippen LogP contribution in [0.5, 0.6) is 11.5 Å². The fourth-order valence-corrected chi connectivity index (χ4v) is 5.10. The second kappa shape index (κ2) is 11.5. The summed E-state index contributed by atoms with van der Waals surface area (Å²) in [4.78, 5) is 18.4. The Kier molecular flexibility index (Phi) is 8.24. The summed E-state index contributed by atoms with van der Waals surface area (Å²) in [5.41, 5.74) is 2.46. The molecule has 0 amide bonds. The molecule has 6 heteroatoms. The van der Waals surface area contributed by atoms with E-state index < -0.39 is 0 Å². The van der Waals surface area contributed by atoms with Crippen LogP contribution in [-0.2, 0) is 11.3 Å². The predicted molar refractivity (Wildman–Crippen MR) is 132 cm³/mol. The third kappa shape index (κ3) is 6.27. The number of anilines is 1. The van der Waals surface area contributed by atoms with Crippen molar-refractivity contribution in [1.82, 2.24) is 9.80 Å². The van der Waals surface area contributed by atoms with Crippen molar-refractivity contribution < 1.29 is 14.3 Å². The Morgan fingerprint density at radius 1 is 1.06 bits per heavy atom. The molecule has 2 aromatic rings. The van der Waals surface area contributed by atoms with E-state index in [0.717, 1.165) is 69.0 Å². The molecule has 2 aromatic carbocycles. The fourth-order valence-electron chi connectivity index (χ4n) is 5.10. The van der Waals surface area contributed by atoms with Crippen LogP contribution >= 0.6 is 0 Å². The van der Waals surface area contributed by atoms with E-state index in [4.69, 9.17) is 9.47 Å². The van der Waals surface area contributed by atoms with E-state index in [2.05, 4.69) is 58.1 Å². The molecule has 33 heavy (non-hydrogen) atoms. The van der Waals surface area contributed by atoms with Crippen molar-refractivity contribution in [3.63, 3.8) is 0 Å². The zero-order chi connectivity index (χ0) is 23.0.